The molecule has 8 aromatic heterocycles. The Labute approximate surface area is 894 Å². The van der Waals surface area contributed by atoms with E-state index < -0.39 is 5.41 Å². The van der Waals surface area contributed by atoms with Crippen LogP contribution >= 0.6 is 0 Å². The average Bonchev–Trinajstić information content (AvgIpc) is 1.05. The number of anilines is 3. The molecule has 1 aliphatic heterocycles. The minimum absolute atomic E-state index is 0. The summed E-state index contributed by atoms with van der Waals surface area (Å²) in [7, 11) is 3.65. The molecule has 19 aromatic rings. The van der Waals surface area contributed by atoms with E-state index in [9.17, 15) is 20.4 Å². The predicted octanol–water partition coefficient (Wildman–Crippen LogP) is 28.8. The van der Waals surface area contributed by atoms with Gasteiger partial charge in [0.15, 0.2) is 0 Å². The van der Waals surface area contributed by atoms with Crippen LogP contribution in [0.1, 0.15) is 113 Å². The minimum atomic E-state index is -0.471. The van der Waals surface area contributed by atoms with Crippen molar-refractivity contribution >= 4 is 74.4 Å². The quantitative estimate of drug-likeness (QED) is 0.0366. The summed E-state index contributed by atoms with van der Waals surface area (Å²) >= 11 is 0. The van der Waals surface area contributed by atoms with E-state index in [1.54, 1.807) is 48.5 Å². The van der Waals surface area contributed by atoms with E-state index in [0.717, 1.165) is 149 Å². The number of aliphatic imine (C=N–C) groups is 1. The molecule has 0 radical (unpaired) electrons. The summed E-state index contributed by atoms with van der Waals surface area (Å²) in [6.45, 7) is 19.5. The summed E-state index contributed by atoms with van der Waals surface area (Å²) in [5, 5.41) is 54.8. The van der Waals surface area contributed by atoms with Crippen LogP contribution in [0, 0.1) is 0 Å². The number of benzene rings is 10. The number of phenolic OH excluding ortho intramolecular Hbond substituents is 4. The molecule has 0 bridgehead atoms. The van der Waals surface area contributed by atoms with E-state index in [-0.39, 0.29) is 107 Å². The number of hydrogen-bond acceptors (Lipinski definition) is 13. The van der Waals surface area contributed by atoms with Gasteiger partial charge in [-0.05, 0) is 225 Å². The van der Waals surface area contributed by atoms with Gasteiger partial charge in [-0.3, -0.25) is 24.8 Å². The number of nitrogens with zero attached hydrogens (tertiary/aromatic N) is 12. The van der Waals surface area contributed by atoms with E-state index in [0.29, 0.717) is 56.7 Å². The van der Waals surface area contributed by atoms with E-state index in [1.165, 1.54) is 43.8 Å². The molecule has 0 amide bonds. The second kappa shape index (κ2) is 48.9. The number of para-hydroxylation sites is 7. The number of allylic oxidation sites excluding steroid dienone is 2. The molecule has 11 aromatic carbocycles. The molecule has 724 valence electrons. The number of fused-ring (bicyclic) bond motifs is 3. The SMILES string of the molecule is CC(C)(c1cccc(-c2ccccc2O)n1)c1cccc(-c2ccccc2O)n1.CCc1c(C=C2N=C(C)C(C)=C2C)[n-]c(C=c2[cH-]c(=Cc3ccccn3)c(CC)c2CC)c1CC.C[N-]c1ccccc1-c1cc(-c2ccccc2)c2ccc3c(-c4ccccc4)cc(-c4ccccc4[N-]C)nc3c2n1.Oc1ccccc1-c1cccc(N(c2ccccc2)c2cccc(-c3ccccc3O)n2)n1.[Pt+2].[Pt+2].[Pt].[Pt]. The number of hydrogen-bond donors (Lipinski definition) is 4. The van der Waals surface area contributed by atoms with Crippen LogP contribution in [0.5, 0.6) is 23.0 Å². The monoisotopic (exact) mass is 2600 g/mol. The normalized spacial score (nSPS) is 12.0. The fourth-order valence-corrected chi connectivity index (χ4v) is 18.1. The van der Waals surface area contributed by atoms with Gasteiger partial charge in [0.2, 0.25) is 0 Å². The molecule has 0 saturated heterocycles. The maximum absolute atomic E-state index is 10.3. The first-order valence-corrected chi connectivity index (χ1v) is 47.0. The van der Waals surface area contributed by atoms with Gasteiger partial charge in [-0.1, -0.05) is 282 Å². The molecular weight excluding hydrogens is 2490 g/mol. The Morgan fingerprint density at radius 2 is 0.713 bits per heavy atom. The Balaban J connectivity index is 0.000000160. The Hall–Kier alpha value is -14.4. The van der Waals surface area contributed by atoms with Crippen molar-refractivity contribution in [3.63, 3.8) is 0 Å². The molecule has 20 heteroatoms. The van der Waals surface area contributed by atoms with Crippen LogP contribution in [0.15, 0.2) is 386 Å². The molecule has 0 spiro atoms. The molecule has 0 saturated carbocycles. The molecule has 0 atom stereocenters. The van der Waals surface area contributed by atoms with Crippen LogP contribution in [0.2, 0.25) is 0 Å². The summed E-state index contributed by atoms with van der Waals surface area (Å²) in [4.78, 5) is 46.5. The third-order valence-electron chi connectivity index (χ3n) is 25.6. The van der Waals surface area contributed by atoms with Crippen LogP contribution in [-0.4, -0.2) is 75.1 Å². The maximum Gasteiger partial charge on any atom is 2.00 e. The van der Waals surface area contributed by atoms with Crippen molar-refractivity contribution in [2.75, 3.05) is 19.0 Å². The van der Waals surface area contributed by atoms with Gasteiger partial charge in [0.25, 0.3) is 0 Å². The summed E-state index contributed by atoms with van der Waals surface area (Å²) < 4.78 is 0. The largest absolute Gasteiger partial charge is 2.00 e. The van der Waals surface area contributed by atoms with Crippen LogP contribution in [-0.2, 0) is 115 Å². The van der Waals surface area contributed by atoms with Gasteiger partial charge >= 0.3 is 42.1 Å². The summed E-state index contributed by atoms with van der Waals surface area (Å²) in [6, 6.07) is 116. The number of rotatable bonds is 22. The number of aromatic nitrogens is 8. The van der Waals surface area contributed by atoms with Gasteiger partial charge in [0, 0.05) is 104 Å². The second-order valence-corrected chi connectivity index (χ2v) is 34.4. The average molecular weight is 2600 g/mol. The molecule has 0 fully saturated rings. The number of aromatic hydroxyl groups is 4. The Kier molecular flexibility index (Phi) is 36.2. The zero-order valence-electron chi connectivity index (χ0n) is 81.1. The molecule has 16 nitrogen and oxygen atoms in total. The standard InChI is InChI=1S/C38H28N4.C32H37N3.C28H21N3O2.C25H22N2O2.4Pt/c1-39-33-19-11-9-17-29(33)35-23-31(25-13-5-3-6-14-25)27-21-22-28-32(26-15-7-4-8-16-26)24-36(42-38(28)37(27)41-35)30-18-10-12-20-34(30)40-2;1-8-26-23(17-25-14-12-13-15-33-25)16-24(27(26)9-2)18-31-28(10-3)29(11-4)32(35-31)19-30-21(6)20(5)22(7)34-30;32-25-16-6-4-12-21(25)23-14-8-18-27(29-23)31(20-10-2-1-3-11-20)28-19-9-15-24(30-28)22-13-5-7-17-26(22)33;1-25(2,23-15-7-11-19(26-23)17-9-3-5-13-21(17)28)24-16-8-12-20(27-24)18-10-4-6-14-22(18)29;;;;/h3-24H,1-2H3;12-19H,8-11H2,1-7H3;1-19,32-33H;3-16,28-29H,1-2H3;;;;/q2*-2;;;;;2*+2. The van der Waals surface area contributed by atoms with Crippen LogP contribution in [0.4, 0.5) is 28.7 Å². The predicted molar refractivity (Wildman–Crippen MR) is 572 cm³/mol. The number of pyridine rings is 7. The van der Waals surface area contributed by atoms with Gasteiger partial charge in [0.05, 0.1) is 62.3 Å². The van der Waals surface area contributed by atoms with Crippen LogP contribution < -0.4 is 20.3 Å². The van der Waals surface area contributed by atoms with Crippen molar-refractivity contribution in [2.24, 2.45) is 4.99 Å². The van der Waals surface area contributed by atoms with E-state index >= 15 is 0 Å². The van der Waals surface area contributed by atoms with Crippen molar-refractivity contribution in [1.29, 1.82) is 0 Å². The first kappa shape index (κ1) is 106. The van der Waals surface area contributed by atoms with Gasteiger partial charge < -0.3 is 36.0 Å². The molecule has 1 aliphatic rings. The second-order valence-electron chi connectivity index (χ2n) is 34.4. The van der Waals surface area contributed by atoms with Crippen molar-refractivity contribution in [3.8, 4) is 113 Å². The van der Waals surface area contributed by atoms with Crippen LogP contribution in [0.3, 0.4) is 0 Å². The molecule has 143 heavy (non-hydrogen) atoms. The minimum Gasteiger partial charge on any atom is -0.686 e. The van der Waals surface area contributed by atoms with Gasteiger partial charge in [0.1, 0.15) is 34.6 Å². The maximum atomic E-state index is 10.3. The topological polar surface area (TPSA) is 229 Å². The molecule has 0 aliphatic carbocycles. The molecule has 0 unspecified atom stereocenters. The van der Waals surface area contributed by atoms with Gasteiger partial charge in [-0.25, -0.2) is 19.9 Å². The fraction of sp³-hybridized carbons (Fsp3) is 0.130. The number of phenols is 4. The first-order valence-electron chi connectivity index (χ1n) is 47.0. The fourth-order valence-electron chi connectivity index (χ4n) is 18.1. The van der Waals surface area contributed by atoms with E-state index in [4.69, 9.17) is 39.9 Å². The Bertz CT molecular complexity index is 7600. The molecule has 4 N–H and O–H groups in total. The molecule has 20 rings (SSSR count). The summed E-state index contributed by atoms with van der Waals surface area (Å²) in [6.07, 6.45) is 12.5. The van der Waals surface area contributed by atoms with Gasteiger partial charge in [-0.15, -0.1) is 64.9 Å². The summed E-state index contributed by atoms with van der Waals surface area (Å²) in [5.74, 6) is 2.07. The third kappa shape index (κ3) is 23.5. The van der Waals surface area contributed by atoms with Crippen molar-refractivity contribution in [2.45, 2.75) is 93.4 Å². The smallest absolute Gasteiger partial charge is 0.686 e. The summed E-state index contributed by atoms with van der Waals surface area (Å²) in [5.41, 5.74) is 32.7. The van der Waals surface area contributed by atoms with Crippen molar-refractivity contribution in [3.05, 3.63) is 453 Å². The van der Waals surface area contributed by atoms with E-state index in [1.807, 2.05) is 238 Å². The van der Waals surface area contributed by atoms with Gasteiger partial charge in [-0.2, -0.15) is 5.69 Å². The Morgan fingerprint density at radius 1 is 0.350 bits per heavy atom. The third-order valence-corrected chi connectivity index (χ3v) is 25.6. The van der Waals surface area contributed by atoms with E-state index in [2.05, 4.69) is 193 Å². The van der Waals surface area contributed by atoms with Crippen LogP contribution in [0.25, 0.3) is 140 Å². The zero-order valence-corrected chi connectivity index (χ0v) is 90.2. The first-order chi connectivity index (χ1) is 67.8. The molecular formula is C123H108N12O4Pt4. The van der Waals surface area contributed by atoms with Crippen molar-refractivity contribution in [1.82, 2.24) is 39.9 Å². The Morgan fingerprint density at radius 3 is 1.10 bits per heavy atom. The zero-order chi connectivity index (χ0) is 96.6. The van der Waals surface area contributed by atoms with Crippen molar-refractivity contribution < 1.29 is 105 Å². The molecule has 9 heterocycles.